The monoisotopic (exact) mass is 363 g/mol. The lowest BCUT2D eigenvalue weighted by Gasteiger charge is -2.30. The lowest BCUT2D eigenvalue weighted by atomic mass is 9.94. The second-order valence-corrected chi connectivity index (χ2v) is 7.34. The number of phenols is 1. The third-order valence-electron chi connectivity index (χ3n) is 4.93. The van der Waals surface area contributed by atoms with Gasteiger partial charge in [-0.05, 0) is 73.0 Å². The summed E-state index contributed by atoms with van der Waals surface area (Å²) in [4.78, 5) is 11.3. The van der Waals surface area contributed by atoms with E-state index in [-0.39, 0.29) is 17.0 Å². The Morgan fingerprint density at radius 3 is 2.81 bits per heavy atom. The van der Waals surface area contributed by atoms with Crippen molar-refractivity contribution >= 4 is 23.4 Å². The molecule has 2 aromatic carbocycles. The zero-order chi connectivity index (χ0) is 19.2. The highest BCUT2D eigenvalue weighted by atomic mass is 16.5. The van der Waals surface area contributed by atoms with Crippen LogP contribution in [0.3, 0.4) is 0 Å². The number of hydrogen-bond donors (Lipinski definition) is 1. The molecule has 2 heterocycles. The van der Waals surface area contributed by atoms with Crippen LogP contribution < -0.4 is 9.47 Å². The lowest BCUT2D eigenvalue weighted by Crippen LogP contribution is -2.27. The van der Waals surface area contributed by atoms with E-state index in [2.05, 4.69) is 5.18 Å². The Kier molecular flexibility index (Phi) is 4.02. The number of nitrogens with zero attached hydrogens (tertiary/aromatic N) is 1. The highest BCUT2D eigenvalue weighted by molar-refractivity contribution is 5.91. The maximum absolute atomic E-state index is 11.3. The molecule has 0 amide bonds. The van der Waals surface area contributed by atoms with E-state index in [1.54, 1.807) is 0 Å². The standard InChI is InChI=1S/C22H21NO4/c1-4-13-10-17(18(23-25)11-19(13)24)15-9-14-5-6-20-16(21(14)26-12-15)7-8-22(2,3)27-20/h5-11,24H,4,12H2,1-3H3. The van der Waals surface area contributed by atoms with Gasteiger partial charge >= 0.3 is 0 Å². The van der Waals surface area contributed by atoms with Gasteiger partial charge in [0.25, 0.3) is 0 Å². The summed E-state index contributed by atoms with van der Waals surface area (Å²) in [5.41, 5.74) is 4.04. The third kappa shape index (κ3) is 2.99. The molecule has 2 aliphatic heterocycles. The molecule has 0 saturated heterocycles. The van der Waals surface area contributed by atoms with Gasteiger partial charge in [0.1, 0.15) is 35.1 Å². The van der Waals surface area contributed by atoms with Gasteiger partial charge < -0.3 is 14.6 Å². The fraction of sp³-hybridized carbons (Fsp3) is 0.273. The summed E-state index contributed by atoms with van der Waals surface area (Å²) in [6.07, 6.45) is 6.71. The molecule has 5 heteroatoms. The molecule has 0 spiro atoms. The molecule has 0 bridgehead atoms. The van der Waals surface area contributed by atoms with Crippen molar-refractivity contribution in [2.75, 3.05) is 6.61 Å². The van der Waals surface area contributed by atoms with Crippen molar-refractivity contribution < 1.29 is 14.6 Å². The zero-order valence-corrected chi connectivity index (χ0v) is 15.6. The smallest absolute Gasteiger partial charge is 0.137 e. The van der Waals surface area contributed by atoms with Crippen LogP contribution in [0.2, 0.25) is 0 Å². The molecule has 0 radical (unpaired) electrons. The van der Waals surface area contributed by atoms with Crippen molar-refractivity contribution in [2.45, 2.75) is 32.8 Å². The number of aromatic hydroxyl groups is 1. The normalized spacial score (nSPS) is 16.5. The minimum atomic E-state index is -0.343. The van der Waals surface area contributed by atoms with Crippen molar-refractivity contribution in [3.05, 3.63) is 57.5 Å². The predicted octanol–water partition coefficient (Wildman–Crippen LogP) is 5.47. The van der Waals surface area contributed by atoms with E-state index >= 15 is 0 Å². The molecule has 0 atom stereocenters. The number of rotatable bonds is 3. The van der Waals surface area contributed by atoms with Gasteiger partial charge in [-0.15, -0.1) is 4.91 Å². The van der Waals surface area contributed by atoms with E-state index in [1.165, 1.54) is 6.07 Å². The average molecular weight is 363 g/mol. The molecule has 27 heavy (non-hydrogen) atoms. The van der Waals surface area contributed by atoms with Crippen molar-refractivity contribution in [3.8, 4) is 17.2 Å². The number of nitroso groups, excluding NO2 is 1. The Morgan fingerprint density at radius 1 is 1.26 bits per heavy atom. The molecular weight excluding hydrogens is 342 g/mol. The van der Waals surface area contributed by atoms with Gasteiger partial charge in [-0.1, -0.05) is 6.92 Å². The first-order chi connectivity index (χ1) is 12.9. The highest BCUT2D eigenvalue weighted by Crippen LogP contribution is 2.44. The first-order valence-corrected chi connectivity index (χ1v) is 9.00. The Hall–Kier alpha value is -3.08. The maximum atomic E-state index is 11.3. The van der Waals surface area contributed by atoms with E-state index in [9.17, 15) is 10.0 Å². The van der Waals surface area contributed by atoms with Gasteiger partial charge in [-0.2, -0.15) is 0 Å². The van der Waals surface area contributed by atoms with Gasteiger partial charge in [0.2, 0.25) is 0 Å². The van der Waals surface area contributed by atoms with E-state index < -0.39 is 0 Å². The Balaban J connectivity index is 1.80. The topological polar surface area (TPSA) is 68.1 Å². The molecule has 1 N–H and O–H groups in total. The summed E-state index contributed by atoms with van der Waals surface area (Å²) in [7, 11) is 0. The second-order valence-electron chi connectivity index (χ2n) is 7.34. The average Bonchev–Trinajstić information content (AvgIpc) is 2.66. The molecule has 5 nitrogen and oxygen atoms in total. The molecule has 0 aromatic heterocycles. The summed E-state index contributed by atoms with van der Waals surface area (Å²) >= 11 is 0. The van der Waals surface area contributed by atoms with E-state index in [0.29, 0.717) is 18.6 Å². The van der Waals surface area contributed by atoms with E-state index in [1.807, 2.05) is 57.2 Å². The first-order valence-electron chi connectivity index (χ1n) is 9.00. The first kappa shape index (κ1) is 17.3. The number of phenolic OH excluding ortho intramolecular Hbond substituents is 1. The molecule has 4 rings (SSSR count). The second kappa shape index (κ2) is 6.27. The number of ether oxygens (including phenoxy) is 2. The zero-order valence-electron chi connectivity index (χ0n) is 15.6. The van der Waals surface area contributed by atoms with Gasteiger partial charge in [0, 0.05) is 17.2 Å². The number of fused-ring (bicyclic) bond motifs is 3. The van der Waals surface area contributed by atoms with Gasteiger partial charge in [0.05, 0.1) is 5.56 Å². The van der Waals surface area contributed by atoms with Crippen LogP contribution in [0.25, 0.3) is 17.7 Å². The van der Waals surface area contributed by atoms with Crippen molar-refractivity contribution in [1.82, 2.24) is 0 Å². The van der Waals surface area contributed by atoms with Crippen LogP contribution >= 0.6 is 0 Å². The Morgan fingerprint density at radius 2 is 2.07 bits per heavy atom. The lowest BCUT2D eigenvalue weighted by molar-refractivity contribution is 0.158. The van der Waals surface area contributed by atoms with Crippen LogP contribution in [-0.2, 0) is 6.42 Å². The summed E-state index contributed by atoms with van der Waals surface area (Å²) in [5, 5.41) is 13.1. The minimum Gasteiger partial charge on any atom is -0.508 e. The third-order valence-corrected chi connectivity index (χ3v) is 4.93. The molecule has 0 saturated carbocycles. The molecular formula is C22H21NO4. The molecule has 0 aliphatic carbocycles. The summed E-state index contributed by atoms with van der Waals surface area (Å²) in [5.74, 6) is 1.66. The van der Waals surface area contributed by atoms with Crippen molar-refractivity contribution in [1.29, 1.82) is 0 Å². The predicted molar refractivity (Wildman–Crippen MR) is 106 cm³/mol. The molecule has 138 valence electrons. The van der Waals surface area contributed by atoms with Crippen LogP contribution in [0.5, 0.6) is 17.2 Å². The van der Waals surface area contributed by atoms with Crippen LogP contribution in [0.1, 0.15) is 43.0 Å². The Labute approximate surface area is 157 Å². The fourth-order valence-electron chi connectivity index (χ4n) is 3.49. The number of hydrogen-bond acceptors (Lipinski definition) is 5. The van der Waals surface area contributed by atoms with Crippen LogP contribution in [-0.4, -0.2) is 17.3 Å². The molecule has 2 aromatic rings. The van der Waals surface area contributed by atoms with Gasteiger partial charge in [0.15, 0.2) is 0 Å². The maximum Gasteiger partial charge on any atom is 0.137 e. The SMILES string of the molecule is CCc1cc(C2=Cc3ccc4c(c3OC2)C=CC(C)(C)O4)c(N=O)cc1O. The highest BCUT2D eigenvalue weighted by Gasteiger charge is 2.27. The van der Waals surface area contributed by atoms with Crippen LogP contribution in [0.4, 0.5) is 5.69 Å². The largest absolute Gasteiger partial charge is 0.508 e. The van der Waals surface area contributed by atoms with Crippen LogP contribution in [0.15, 0.2) is 35.5 Å². The summed E-state index contributed by atoms with van der Waals surface area (Å²) < 4.78 is 12.1. The van der Waals surface area contributed by atoms with Gasteiger partial charge in [-0.25, -0.2) is 0 Å². The summed E-state index contributed by atoms with van der Waals surface area (Å²) in [6, 6.07) is 7.13. The molecule has 2 aliphatic rings. The van der Waals surface area contributed by atoms with E-state index in [0.717, 1.165) is 33.8 Å². The Bertz CT molecular complexity index is 1000. The fourth-order valence-corrected chi connectivity index (χ4v) is 3.49. The number of benzene rings is 2. The van der Waals surface area contributed by atoms with Crippen LogP contribution in [0, 0.1) is 4.91 Å². The quantitative estimate of drug-likeness (QED) is 0.734. The van der Waals surface area contributed by atoms with Crippen molar-refractivity contribution in [2.24, 2.45) is 5.18 Å². The van der Waals surface area contributed by atoms with E-state index in [4.69, 9.17) is 9.47 Å². The minimum absolute atomic E-state index is 0.0903. The molecule has 0 unspecified atom stereocenters. The summed E-state index contributed by atoms with van der Waals surface area (Å²) in [6.45, 7) is 6.29. The van der Waals surface area contributed by atoms with Gasteiger partial charge in [-0.3, -0.25) is 0 Å². The van der Waals surface area contributed by atoms with Crippen molar-refractivity contribution in [3.63, 3.8) is 0 Å². The number of aryl methyl sites for hydroxylation is 1. The molecule has 0 fully saturated rings.